The minimum atomic E-state index is -0.891. The molecular formula is C18H18F2N2O3. The zero-order valence-electron chi connectivity index (χ0n) is 13.9. The summed E-state index contributed by atoms with van der Waals surface area (Å²) in [7, 11) is 2.80. The van der Waals surface area contributed by atoms with E-state index < -0.39 is 17.5 Å². The smallest absolute Gasteiger partial charge is 0.248 e. The summed E-state index contributed by atoms with van der Waals surface area (Å²) < 4.78 is 32.5. The molecule has 0 aromatic heterocycles. The fourth-order valence-electron chi connectivity index (χ4n) is 2.26. The highest BCUT2D eigenvalue weighted by atomic mass is 19.1. The Morgan fingerprint density at radius 3 is 2.48 bits per heavy atom. The van der Waals surface area contributed by atoms with Gasteiger partial charge in [-0.25, -0.2) is 8.78 Å². The summed E-state index contributed by atoms with van der Waals surface area (Å²) in [6, 6.07) is 10.4. The third-order valence-electron chi connectivity index (χ3n) is 3.48. The zero-order chi connectivity index (χ0) is 18.4. The predicted octanol–water partition coefficient (Wildman–Crippen LogP) is 2.68. The number of anilines is 1. The van der Waals surface area contributed by atoms with Gasteiger partial charge in [-0.15, -0.1) is 0 Å². The van der Waals surface area contributed by atoms with Gasteiger partial charge in [-0.3, -0.25) is 9.59 Å². The second-order valence-corrected chi connectivity index (χ2v) is 5.41. The molecule has 2 aromatic rings. The molecule has 0 saturated carbocycles. The van der Waals surface area contributed by atoms with E-state index in [-0.39, 0.29) is 30.3 Å². The number of nitrogens with zero attached hydrogens (tertiary/aromatic N) is 1. The van der Waals surface area contributed by atoms with Crippen molar-refractivity contribution in [2.75, 3.05) is 32.6 Å². The number of hydrogen-bond donors (Lipinski definition) is 1. The van der Waals surface area contributed by atoms with Crippen LogP contribution in [0.3, 0.4) is 0 Å². The molecule has 0 aliphatic carbocycles. The maximum Gasteiger partial charge on any atom is 0.248 e. The molecule has 1 N–H and O–H groups in total. The van der Waals surface area contributed by atoms with Gasteiger partial charge in [0.1, 0.15) is 18.2 Å². The Hall–Kier alpha value is -2.80. The first-order valence-electron chi connectivity index (χ1n) is 7.49. The molecule has 0 fully saturated rings. The Kier molecular flexibility index (Phi) is 6.19. The van der Waals surface area contributed by atoms with Crippen LogP contribution in [-0.4, -0.2) is 44.0 Å². The van der Waals surface area contributed by atoms with Gasteiger partial charge >= 0.3 is 0 Å². The lowest BCUT2D eigenvalue weighted by Gasteiger charge is -2.18. The van der Waals surface area contributed by atoms with E-state index in [4.69, 9.17) is 4.74 Å². The molecule has 0 radical (unpaired) electrons. The lowest BCUT2D eigenvalue weighted by Crippen LogP contribution is -2.37. The van der Waals surface area contributed by atoms with E-state index in [0.29, 0.717) is 11.6 Å². The molecule has 0 unspecified atom stereocenters. The molecule has 0 spiro atoms. The summed E-state index contributed by atoms with van der Waals surface area (Å²) in [5.41, 5.74) is 0.641. The Balaban J connectivity index is 2.24. The molecule has 2 aromatic carbocycles. The Labute approximate surface area is 144 Å². The number of hydrogen-bond acceptors (Lipinski definition) is 3. The fourth-order valence-corrected chi connectivity index (χ4v) is 2.26. The van der Waals surface area contributed by atoms with E-state index in [2.05, 4.69) is 5.32 Å². The van der Waals surface area contributed by atoms with E-state index in [1.165, 1.54) is 14.2 Å². The van der Waals surface area contributed by atoms with Crippen LogP contribution >= 0.6 is 0 Å². The van der Waals surface area contributed by atoms with Crippen LogP contribution < -0.4 is 5.32 Å². The van der Waals surface area contributed by atoms with Gasteiger partial charge in [-0.1, -0.05) is 30.3 Å². The average Bonchev–Trinajstić information content (AvgIpc) is 2.58. The third-order valence-corrected chi connectivity index (χ3v) is 3.48. The molecule has 2 amide bonds. The maximum absolute atomic E-state index is 14.2. The Morgan fingerprint density at radius 2 is 1.84 bits per heavy atom. The predicted molar refractivity (Wildman–Crippen MR) is 89.9 cm³/mol. The minimum Gasteiger partial charge on any atom is -0.375 e. The zero-order valence-corrected chi connectivity index (χ0v) is 13.9. The average molecular weight is 348 g/mol. The highest BCUT2D eigenvalue weighted by molar-refractivity contribution is 5.98. The molecular weight excluding hydrogens is 330 g/mol. The second-order valence-electron chi connectivity index (χ2n) is 5.41. The van der Waals surface area contributed by atoms with Gasteiger partial charge in [0.2, 0.25) is 11.8 Å². The number of ether oxygens (including phenoxy) is 1. The van der Waals surface area contributed by atoms with E-state index in [1.807, 2.05) is 0 Å². The van der Waals surface area contributed by atoms with Crippen LogP contribution in [0.25, 0.3) is 11.1 Å². The molecule has 0 heterocycles. The van der Waals surface area contributed by atoms with Gasteiger partial charge in [-0.2, -0.15) is 0 Å². The van der Waals surface area contributed by atoms with Crippen molar-refractivity contribution in [3.63, 3.8) is 0 Å². The lowest BCUT2D eigenvalue weighted by atomic mass is 10.0. The molecule has 0 bridgehead atoms. The molecule has 25 heavy (non-hydrogen) atoms. The van der Waals surface area contributed by atoms with E-state index >= 15 is 0 Å². The number of amides is 2. The van der Waals surface area contributed by atoms with Crippen LogP contribution in [0.5, 0.6) is 0 Å². The van der Waals surface area contributed by atoms with Gasteiger partial charge in [0.05, 0.1) is 12.2 Å². The topological polar surface area (TPSA) is 58.6 Å². The summed E-state index contributed by atoms with van der Waals surface area (Å²) in [6.45, 7) is -0.447. The number of carbonyl (C=O) groups excluding carboxylic acids is 2. The first kappa shape index (κ1) is 18.5. The standard InChI is InChI=1S/C18H18F2N2O3/c1-22(17(24)11-25-2)10-16(23)21-18-14(8-13(19)9-15(18)20)12-6-4-3-5-7-12/h3-9H,10-11H2,1-2H3,(H,21,23). The minimum absolute atomic E-state index is 0.134. The number of methoxy groups -OCH3 is 1. The molecule has 2 rings (SSSR count). The van der Waals surface area contributed by atoms with Gasteiger partial charge in [0.15, 0.2) is 0 Å². The Bertz CT molecular complexity index is 766. The fraction of sp³-hybridized carbons (Fsp3) is 0.222. The van der Waals surface area contributed by atoms with Crippen molar-refractivity contribution < 1.29 is 23.1 Å². The largest absolute Gasteiger partial charge is 0.375 e. The van der Waals surface area contributed by atoms with Gasteiger partial charge in [0, 0.05) is 25.8 Å². The van der Waals surface area contributed by atoms with Crippen molar-refractivity contribution in [2.24, 2.45) is 0 Å². The molecule has 132 valence electrons. The van der Waals surface area contributed by atoms with Gasteiger partial charge < -0.3 is 15.0 Å². The quantitative estimate of drug-likeness (QED) is 0.873. The molecule has 5 nitrogen and oxygen atoms in total. The molecule has 0 aliphatic rings. The summed E-state index contributed by atoms with van der Waals surface area (Å²) in [4.78, 5) is 24.9. The van der Waals surface area contributed by atoms with E-state index in [9.17, 15) is 18.4 Å². The first-order chi connectivity index (χ1) is 11.9. The van der Waals surface area contributed by atoms with Crippen molar-refractivity contribution in [2.45, 2.75) is 0 Å². The Morgan fingerprint density at radius 1 is 1.16 bits per heavy atom. The monoisotopic (exact) mass is 348 g/mol. The highest BCUT2D eigenvalue weighted by Gasteiger charge is 2.18. The van der Waals surface area contributed by atoms with Crippen LogP contribution in [0.15, 0.2) is 42.5 Å². The van der Waals surface area contributed by atoms with E-state index in [1.54, 1.807) is 30.3 Å². The number of likely N-dealkylation sites (N-methyl/N-ethyl adjacent to an activating group) is 1. The van der Waals surface area contributed by atoms with Gasteiger partial charge in [0.25, 0.3) is 0 Å². The van der Waals surface area contributed by atoms with Crippen LogP contribution in [0.1, 0.15) is 0 Å². The van der Waals surface area contributed by atoms with E-state index in [0.717, 1.165) is 11.0 Å². The molecule has 0 atom stereocenters. The molecule has 7 heteroatoms. The van der Waals surface area contributed by atoms with Crippen molar-refractivity contribution in [3.05, 3.63) is 54.1 Å². The number of benzene rings is 2. The van der Waals surface area contributed by atoms with Crippen molar-refractivity contribution >= 4 is 17.5 Å². The maximum atomic E-state index is 14.2. The molecule has 0 aliphatic heterocycles. The summed E-state index contributed by atoms with van der Waals surface area (Å²) in [6.07, 6.45) is 0. The second kappa shape index (κ2) is 8.34. The normalized spacial score (nSPS) is 10.4. The molecule has 0 saturated heterocycles. The summed E-state index contributed by atoms with van der Waals surface area (Å²) in [5, 5.41) is 2.42. The summed E-state index contributed by atoms with van der Waals surface area (Å²) in [5.74, 6) is -2.63. The van der Waals surface area contributed by atoms with Crippen molar-refractivity contribution in [1.29, 1.82) is 0 Å². The van der Waals surface area contributed by atoms with Gasteiger partial charge in [-0.05, 0) is 11.6 Å². The lowest BCUT2D eigenvalue weighted by molar-refractivity contribution is -0.136. The summed E-state index contributed by atoms with van der Waals surface area (Å²) >= 11 is 0. The third kappa shape index (κ3) is 4.84. The van der Waals surface area contributed by atoms with Crippen LogP contribution in [-0.2, 0) is 14.3 Å². The van der Waals surface area contributed by atoms with Crippen molar-refractivity contribution in [1.82, 2.24) is 4.90 Å². The van der Waals surface area contributed by atoms with Crippen molar-refractivity contribution in [3.8, 4) is 11.1 Å². The number of rotatable bonds is 6. The first-order valence-corrected chi connectivity index (χ1v) is 7.49. The van der Waals surface area contributed by atoms with Crippen LogP contribution in [0.4, 0.5) is 14.5 Å². The number of carbonyl (C=O) groups is 2. The van der Waals surface area contributed by atoms with Crippen LogP contribution in [0, 0.1) is 11.6 Å². The van der Waals surface area contributed by atoms with Crippen LogP contribution in [0.2, 0.25) is 0 Å². The number of halogens is 2. The number of nitrogens with one attached hydrogen (secondary N) is 1. The highest BCUT2D eigenvalue weighted by Crippen LogP contribution is 2.31. The SMILES string of the molecule is COCC(=O)N(C)CC(=O)Nc1c(F)cc(F)cc1-c1ccccc1.